The highest BCUT2D eigenvalue weighted by Crippen LogP contribution is 2.27. The van der Waals surface area contributed by atoms with Crippen LogP contribution >= 0.6 is 22.9 Å². The van der Waals surface area contributed by atoms with E-state index < -0.39 is 0 Å². The van der Waals surface area contributed by atoms with Gasteiger partial charge in [-0.05, 0) is 18.6 Å². The van der Waals surface area contributed by atoms with Crippen molar-refractivity contribution in [3.8, 4) is 0 Å². The zero-order valence-electron chi connectivity index (χ0n) is 7.17. The SMILES string of the molecule is CCOC(=O)c1cc(CN)c(Cl)s1. The van der Waals surface area contributed by atoms with Crippen molar-refractivity contribution in [2.24, 2.45) is 5.73 Å². The number of halogens is 1. The third kappa shape index (κ3) is 2.43. The van der Waals surface area contributed by atoms with Crippen LogP contribution in [0.15, 0.2) is 6.07 Å². The molecule has 1 rings (SSSR count). The fraction of sp³-hybridized carbons (Fsp3) is 0.375. The van der Waals surface area contributed by atoms with Gasteiger partial charge in [0.1, 0.15) is 4.88 Å². The normalized spacial score (nSPS) is 10.1. The molecule has 0 fully saturated rings. The Morgan fingerprint density at radius 1 is 1.77 bits per heavy atom. The van der Waals surface area contributed by atoms with Gasteiger partial charge < -0.3 is 10.5 Å². The lowest BCUT2D eigenvalue weighted by Crippen LogP contribution is -2.02. The maximum absolute atomic E-state index is 11.2. The number of carbonyl (C=O) groups is 1. The lowest BCUT2D eigenvalue weighted by Gasteiger charge is -1.96. The van der Waals surface area contributed by atoms with Gasteiger partial charge in [0.15, 0.2) is 0 Å². The number of ether oxygens (including phenoxy) is 1. The van der Waals surface area contributed by atoms with Crippen molar-refractivity contribution in [1.82, 2.24) is 0 Å². The lowest BCUT2D eigenvalue weighted by molar-refractivity contribution is 0.0532. The van der Waals surface area contributed by atoms with Crippen molar-refractivity contribution in [3.63, 3.8) is 0 Å². The van der Waals surface area contributed by atoms with E-state index in [1.807, 2.05) is 0 Å². The molecule has 0 spiro atoms. The zero-order valence-corrected chi connectivity index (χ0v) is 8.74. The van der Waals surface area contributed by atoms with Gasteiger partial charge in [-0.25, -0.2) is 4.79 Å². The predicted octanol–water partition coefficient (Wildman–Crippen LogP) is 2.04. The van der Waals surface area contributed by atoms with Crippen LogP contribution < -0.4 is 5.73 Å². The maximum Gasteiger partial charge on any atom is 0.348 e. The van der Waals surface area contributed by atoms with E-state index in [1.54, 1.807) is 13.0 Å². The highest BCUT2D eigenvalue weighted by atomic mass is 35.5. The Morgan fingerprint density at radius 2 is 2.46 bits per heavy atom. The van der Waals surface area contributed by atoms with Gasteiger partial charge in [-0.3, -0.25) is 0 Å². The van der Waals surface area contributed by atoms with Crippen molar-refractivity contribution in [2.45, 2.75) is 13.5 Å². The third-order valence-corrected chi connectivity index (χ3v) is 2.87. The second-order valence-electron chi connectivity index (χ2n) is 2.33. The van der Waals surface area contributed by atoms with Crippen LogP contribution in [0, 0.1) is 0 Å². The van der Waals surface area contributed by atoms with E-state index in [-0.39, 0.29) is 5.97 Å². The van der Waals surface area contributed by atoms with Gasteiger partial charge in [-0.1, -0.05) is 11.6 Å². The predicted molar refractivity (Wildman–Crippen MR) is 53.2 cm³/mol. The van der Waals surface area contributed by atoms with Crippen molar-refractivity contribution in [2.75, 3.05) is 6.61 Å². The Bertz CT molecular complexity index is 311. The first-order chi connectivity index (χ1) is 6.19. The molecule has 0 aliphatic carbocycles. The summed E-state index contributed by atoms with van der Waals surface area (Å²) < 4.78 is 5.37. The van der Waals surface area contributed by atoms with Gasteiger partial charge >= 0.3 is 5.97 Å². The summed E-state index contributed by atoms with van der Waals surface area (Å²) in [5.41, 5.74) is 6.19. The molecule has 0 saturated carbocycles. The van der Waals surface area contributed by atoms with Gasteiger partial charge in [0, 0.05) is 6.54 Å². The van der Waals surface area contributed by atoms with Crippen LogP contribution in [0.5, 0.6) is 0 Å². The molecule has 1 aromatic heterocycles. The smallest absolute Gasteiger partial charge is 0.348 e. The van der Waals surface area contributed by atoms with E-state index >= 15 is 0 Å². The molecule has 0 amide bonds. The van der Waals surface area contributed by atoms with E-state index in [4.69, 9.17) is 22.1 Å². The van der Waals surface area contributed by atoms with Crippen LogP contribution in [0.25, 0.3) is 0 Å². The van der Waals surface area contributed by atoms with Crippen LogP contribution in [0.1, 0.15) is 22.2 Å². The van der Waals surface area contributed by atoms with Crippen LogP contribution in [0.2, 0.25) is 4.34 Å². The summed E-state index contributed by atoms with van der Waals surface area (Å²) in [5, 5.41) is 0. The molecule has 0 unspecified atom stereocenters. The van der Waals surface area contributed by atoms with Gasteiger partial charge in [0.2, 0.25) is 0 Å². The number of thiophene rings is 1. The molecule has 0 saturated heterocycles. The first-order valence-corrected chi connectivity index (χ1v) is 5.03. The zero-order chi connectivity index (χ0) is 9.84. The fourth-order valence-corrected chi connectivity index (χ4v) is 2.04. The quantitative estimate of drug-likeness (QED) is 0.792. The molecule has 0 atom stereocenters. The van der Waals surface area contributed by atoms with Crippen LogP contribution in [-0.4, -0.2) is 12.6 Å². The van der Waals surface area contributed by atoms with Gasteiger partial charge in [-0.2, -0.15) is 0 Å². The van der Waals surface area contributed by atoms with Crippen molar-refractivity contribution >= 4 is 28.9 Å². The summed E-state index contributed by atoms with van der Waals surface area (Å²) in [4.78, 5) is 11.7. The minimum absolute atomic E-state index is 0.339. The fourth-order valence-electron chi connectivity index (χ4n) is 0.849. The molecule has 0 aromatic carbocycles. The van der Waals surface area contributed by atoms with E-state index in [9.17, 15) is 4.79 Å². The number of carbonyl (C=O) groups excluding carboxylic acids is 1. The van der Waals surface area contributed by atoms with Crippen LogP contribution in [-0.2, 0) is 11.3 Å². The molecule has 13 heavy (non-hydrogen) atoms. The lowest BCUT2D eigenvalue weighted by atomic mass is 10.3. The van der Waals surface area contributed by atoms with Crippen LogP contribution in [0.3, 0.4) is 0 Å². The monoisotopic (exact) mass is 219 g/mol. The molecule has 0 radical (unpaired) electrons. The number of esters is 1. The molecular weight excluding hydrogens is 210 g/mol. The summed E-state index contributed by atoms with van der Waals surface area (Å²) in [6.45, 7) is 2.47. The molecule has 5 heteroatoms. The van der Waals surface area contributed by atoms with Crippen molar-refractivity contribution in [3.05, 3.63) is 20.8 Å². The Balaban J connectivity index is 2.84. The first kappa shape index (κ1) is 10.5. The first-order valence-electron chi connectivity index (χ1n) is 3.84. The Labute approximate surface area is 85.4 Å². The molecule has 1 aromatic rings. The maximum atomic E-state index is 11.2. The second kappa shape index (κ2) is 4.60. The Kier molecular flexibility index (Phi) is 3.71. The Hall–Kier alpha value is -0.580. The summed E-state index contributed by atoms with van der Waals surface area (Å²) in [6, 6.07) is 1.67. The molecule has 1 heterocycles. The minimum Gasteiger partial charge on any atom is -0.462 e. The summed E-state index contributed by atoms with van der Waals surface area (Å²) in [6.07, 6.45) is 0. The number of hydrogen-bond donors (Lipinski definition) is 1. The second-order valence-corrected chi connectivity index (χ2v) is 3.99. The topological polar surface area (TPSA) is 52.3 Å². The highest BCUT2D eigenvalue weighted by molar-refractivity contribution is 7.18. The largest absolute Gasteiger partial charge is 0.462 e. The molecule has 0 aliphatic heterocycles. The molecule has 0 bridgehead atoms. The van der Waals surface area contributed by atoms with Crippen molar-refractivity contribution in [1.29, 1.82) is 0 Å². The summed E-state index contributed by atoms with van der Waals surface area (Å²) >= 11 is 7.02. The van der Waals surface area contributed by atoms with E-state index in [1.165, 1.54) is 11.3 Å². The average Bonchev–Trinajstić information content (AvgIpc) is 2.47. The molecular formula is C8H10ClNO2S. The number of rotatable bonds is 3. The number of hydrogen-bond acceptors (Lipinski definition) is 4. The van der Waals surface area contributed by atoms with Gasteiger partial charge in [-0.15, -0.1) is 11.3 Å². The molecule has 2 N–H and O–H groups in total. The average molecular weight is 220 g/mol. The van der Waals surface area contributed by atoms with E-state index in [2.05, 4.69) is 0 Å². The Morgan fingerprint density at radius 3 is 2.92 bits per heavy atom. The minimum atomic E-state index is -0.339. The van der Waals surface area contributed by atoms with Crippen LogP contribution in [0.4, 0.5) is 0 Å². The van der Waals surface area contributed by atoms with E-state index in [0.717, 1.165) is 5.56 Å². The number of nitrogens with two attached hydrogens (primary N) is 1. The van der Waals surface area contributed by atoms with Gasteiger partial charge in [0.05, 0.1) is 10.9 Å². The third-order valence-electron chi connectivity index (χ3n) is 1.45. The van der Waals surface area contributed by atoms with Gasteiger partial charge in [0.25, 0.3) is 0 Å². The summed E-state index contributed by atoms with van der Waals surface area (Å²) in [5.74, 6) is -0.339. The molecule has 72 valence electrons. The molecule has 3 nitrogen and oxygen atoms in total. The molecule has 0 aliphatic rings. The standard InChI is InChI=1S/C8H10ClNO2S/c1-2-12-8(11)6-3-5(4-10)7(9)13-6/h3H,2,4,10H2,1H3. The highest BCUT2D eigenvalue weighted by Gasteiger charge is 2.12. The van der Waals surface area contributed by atoms with Crippen molar-refractivity contribution < 1.29 is 9.53 Å². The summed E-state index contributed by atoms with van der Waals surface area (Å²) in [7, 11) is 0. The van der Waals surface area contributed by atoms with E-state index in [0.29, 0.717) is 22.4 Å².